The van der Waals surface area contributed by atoms with Gasteiger partial charge in [-0.2, -0.15) is 0 Å². The van der Waals surface area contributed by atoms with E-state index < -0.39 is 0 Å². The van der Waals surface area contributed by atoms with E-state index in [1.807, 2.05) is 0 Å². The standard InChI is InChI=1S/C9H10N6O/c1-15(2)9(16)8-10-5-7(12-8)6-3-4-11-14-13-6/h3-5H,1-2H3,(H,10,12). The molecule has 0 aliphatic heterocycles. The Morgan fingerprint density at radius 2 is 2.25 bits per heavy atom. The van der Waals surface area contributed by atoms with E-state index in [9.17, 15) is 4.79 Å². The monoisotopic (exact) mass is 218 g/mol. The summed E-state index contributed by atoms with van der Waals surface area (Å²) in [5, 5.41) is 10.9. The van der Waals surface area contributed by atoms with E-state index in [1.54, 1.807) is 26.4 Å². The number of aromatic nitrogens is 5. The molecule has 2 aromatic heterocycles. The summed E-state index contributed by atoms with van der Waals surface area (Å²) in [4.78, 5) is 19.9. The van der Waals surface area contributed by atoms with Crippen LogP contribution in [0.4, 0.5) is 0 Å². The molecule has 7 heteroatoms. The van der Waals surface area contributed by atoms with Gasteiger partial charge in [-0.15, -0.1) is 10.2 Å². The van der Waals surface area contributed by atoms with Crippen LogP contribution in [0.2, 0.25) is 0 Å². The molecule has 1 amide bonds. The third-order valence-corrected chi connectivity index (χ3v) is 1.96. The minimum atomic E-state index is -0.187. The number of H-pyrrole nitrogens is 1. The van der Waals surface area contributed by atoms with Gasteiger partial charge in [0.15, 0.2) is 5.82 Å². The summed E-state index contributed by atoms with van der Waals surface area (Å²) in [6, 6.07) is 1.68. The first-order chi connectivity index (χ1) is 7.68. The van der Waals surface area contributed by atoms with Crippen molar-refractivity contribution >= 4 is 5.91 Å². The molecule has 0 saturated carbocycles. The third-order valence-electron chi connectivity index (χ3n) is 1.96. The second-order valence-electron chi connectivity index (χ2n) is 3.35. The molecule has 2 heterocycles. The molecule has 0 bridgehead atoms. The average molecular weight is 218 g/mol. The lowest BCUT2D eigenvalue weighted by atomic mass is 10.3. The zero-order valence-corrected chi connectivity index (χ0v) is 8.88. The zero-order valence-electron chi connectivity index (χ0n) is 8.88. The Morgan fingerprint density at radius 3 is 2.88 bits per heavy atom. The molecule has 2 aromatic rings. The molecule has 7 nitrogen and oxygen atoms in total. The molecule has 16 heavy (non-hydrogen) atoms. The highest BCUT2D eigenvalue weighted by atomic mass is 16.2. The van der Waals surface area contributed by atoms with Crippen molar-refractivity contribution < 1.29 is 4.79 Å². The van der Waals surface area contributed by atoms with Crippen LogP contribution < -0.4 is 0 Å². The molecule has 1 N–H and O–H groups in total. The summed E-state index contributed by atoms with van der Waals surface area (Å²) in [7, 11) is 3.33. The van der Waals surface area contributed by atoms with Crippen molar-refractivity contribution in [1.29, 1.82) is 0 Å². The number of nitrogens with zero attached hydrogens (tertiary/aromatic N) is 5. The highest BCUT2D eigenvalue weighted by Gasteiger charge is 2.13. The van der Waals surface area contributed by atoms with Crippen LogP contribution in [0, 0.1) is 0 Å². The maximum Gasteiger partial charge on any atom is 0.289 e. The lowest BCUT2D eigenvalue weighted by Crippen LogP contribution is -2.22. The highest BCUT2D eigenvalue weighted by Crippen LogP contribution is 2.12. The molecule has 82 valence electrons. The van der Waals surface area contributed by atoms with Crippen LogP contribution in [-0.4, -0.2) is 50.3 Å². The fourth-order valence-corrected chi connectivity index (χ4v) is 1.16. The molecular formula is C9H10N6O. The van der Waals surface area contributed by atoms with Gasteiger partial charge in [0.25, 0.3) is 5.91 Å². The number of nitrogens with one attached hydrogen (secondary N) is 1. The maximum atomic E-state index is 11.6. The SMILES string of the molecule is CN(C)C(=O)c1ncc(-c2ccnnn2)[nH]1. The molecule has 0 unspecified atom stereocenters. The van der Waals surface area contributed by atoms with E-state index in [1.165, 1.54) is 11.1 Å². The Balaban J connectivity index is 2.30. The molecule has 2 rings (SSSR count). The van der Waals surface area contributed by atoms with Gasteiger partial charge < -0.3 is 9.88 Å². The van der Waals surface area contributed by atoms with Gasteiger partial charge in [-0.25, -0.2) is 4.98 Å². The normalized spacial score (nSPS) is 10.1. The summed E-state index contributed by atoms with van der Waals surface area (Å²) in [5.74, 6) is 0.0897. The molecule has 0 atom stereocenters. The van der Waals surface area contributed by atoms with Crippen molar-refractivity contribution in [2.24, 2.45) is 0 Å². The smallest absolute Gasteiger partial charge is 0.289 e. The summed E-state index contributed by atoms with van der Waals surface area (Å²) < 4.78 is 0. The Labute approximate surface area is 91.5 Å². The Hall–Kier alpha value is -2.31. The average Bonchev–Trinajstić information content (AvgIpc) is 2.78. The van der Waals surface area contributed by atoms with Crippen molar-refractivity contribution in [2.45, 2.75) is 0 Å². The highest BCUT2D eigenvalue weighted by molar-refractivity contribution is 5.90. The largest absolute Gasteiger partial charge is 0.342 e. The van der Waals surface area contributed by atoms with Crippen LogP contribution in [0.1, 0.15) is 10.6 Å². The van der Waals surface area contributed by atoms with Crippen LogP contribution in [-0.2, 0) is 0 Å². The van der Waals surface area contributed by atoms with Crippen LogP contribution in [0.3, 0.4) is 0 Å². The van der Waals surface area contributed by atoms with Crippen molar-refractivity contribution in [3.05, 3.63) is 24.3 Å². The van der Waals surface area contributed by atoms with Crippen molar-refractivity contribution in [3.8, 4) is 11.4 Å². The molecular weight excluding hydrogens is 208 g/mol. The van der Waals surface area contributed by atoms with Gasteiger partial charge >= 0.3 is 0 Å². The number of rotatable bonds is 2. The van der Waals surface area contributed by atoms with E-state index >= 15 is 0 Å². The second-order valence-corrected chi connectivity index (χ2v) is 3.35. The molecule has 0 fully saturated rings. The summed E-state index contributed by atoms with van der Waals surface area (Å²) >= 11 is 0. The number of amides is 1. The first-order valence-electron chi connectivity index (χ1n) is 4.60. The predicted molar refractivity (Wildman–Crippen MR) is 55.4 cm³/mol. The Morgan fingerprint density at radius 1 is 1.44 bits per heavy atom. The predicted octanol–water partition coefficient (Wildman–Crippen LogP) is -0.0365. The van der Waals surface area contributed by atoms with Gasteiger partial charge in [-0.05, 0) is 11.3 Å². The number of carbonyl (C=O) groups excluding carboxylic acids is 1. The van der Waals surface area contributed by atoms with Gasteiger partial charge in [0, 0.05) is 14.1 Å². The van der Waals surface area contributed by atoms with Crippen molar-refractivity contribution in [2.75, 3.05) is 14.1 Å². The lowest BCUT2D eigenvalue weighted by molar-refractivity contribution is 0.0817. The third kappa shape index (κ3) is 1.88. The summed E-state index contributed by atoms with van der Waals surface area (Å²) in [6.45, 7) is 0. The molecule has 0 spiro atoms. The van der Waals surface area contributed by atoms with Gasteiger partial charge in [-0.3, -0.25) is 4.79 Å². The molecule has 0 aromatic carbocycles. The van der Waals surface area contributed by atoms with Crippen LogP contribution in [0.25, 0.3) is 11.4 Å². The first kappa shape index (κ1) is 10.2. The molecule has 0 aliphatic carbocycles. The fourth-order valence-electron chi connectivity index (χ4n) is 1.16. The number of carbonyl (C=O) groups is 1. The van der Waals surface area contributed by atoms with Crippen molar-refractivity contribution in [1.82, 2.24) is 30.3 Å². The van der Waals surface area contributed by atoms with E-state index in [4.69, 9.17) is 0 Å². The first-order valence-corrected chi connectivity index (χ1v) is 4.60. The molecule has 0 radical (unpaired) electrons. The van der Waals surface area contributed by atoms with E-state index in [0.717, 1.165) is 0 Å². The van der Waals surface area contributed by atoms with Crippen LogP contribution in [0.5, 0.6) is 0 Å². The minimum Gasteiger partial charge on any atom is -0.342 e. The fraction of sp³-hybridized carbons (Fsp3) is 0.222. The number of hydrogen-bond acceptors (Lipinski definition) is 5. The van der Waals surface area contributed by atoms with E-state index in [2.05, 4.69) is 25.4 Å². The maximum absolute atomic E-state index is 11.6. The summed E-state index contributed by atoms with van der Waals surface area (Å²) in [6.07, 6.45) is 3.07. The van der Waals surface area contributed by atoms with Crippen LogP contribution >= 0.6 is 0 Å². The molecule has 0 saturated heterocycles. The number of imidazole rings is 1. The van der Waals surface area contributed by atoms with Crippen LogP contribution in [0.15, 0.2) is 18.5 Å². The van der Waals surface area contributed by atoms with Gasteiger partial charge in [-0.1, -0.05) is 0 Å². The lowest BCUT2D eigenvalue weighted by Gasteiger charge is -2.06. The van der Waals surface area contributed by atoms with Gasteiger partial charge in [0.1, 0.15) is 5.69 Å². The Bertz CT molecular complexity index is 492. The quantitative estimate of drug-likeness (QED) is 0.764. The zero-order chi connectivity index (χ0) is 11.5. The van der Waals surface area contributed by atoms with Crippen molar-refractivity contribution in [3.63, 3.8) is 0 Å². The van der Waals surface area contributed by atoms with Gasteiger partial charge in [0.2, 0.25) is 0 Å². The van der Waals surface area contributed by atoms with E-state index in [-0.39, 0.29) is 11.7 Å². The topological polar surface area (TPSA) is 87.7 Å². The molecule has 0 aliphatic rings. The Kier molecular flexibility index (Phi) is 2.59. The number of hydrogen-bond donors (Lipinski definition) is 1. The van der Waals surface area contributed by atoms with Gasteiger partial charge in [0.05, 0.1) is 18.1 Å². The number of aromatic amines is 1. The minimum absolute atomic E-state index is 0.187. The second kappa shape index (κ2) is 4.05. The summed E-state index contributed by atoms with van der Waals surface area (Å²) in [5.41, 5.74) is 1.24. The van der Waals surface area contributed by atoms with E-state index in [0.29, 0.717) is 11.4 Å².